The number of benzene rings is 1. The first kappa shape index (κ1) is 11.9. The zero-order valence-electron chi connectivity index (χ0n) is 9.64. The number of pyridine rings is 1. The zero-order chi connectivity index (χ0) is 13.0. The maximum Gasteiger partial charge on any atom is 0.268 e. The number of carbonyl (C=O) groups excluding carboxylic acids is 1. The third kappa shape index (κ3) is 2.98. The Hall–Kier alpha value is -2.56. The molecule has 4 N–H and O–H groups in total. The summed E-state index contributed by atoms with van der Waals surface area (Å²) >= 11 is 0. The summed E-state index contributed by atoms with van der Waals surface area (Å²) in [5, 5.41) is 2.71. The van der Waals surface area contributed by atoms with E-state index in [1.54, 1.807) is 18.2 Å². The smallest absolute Gasteiger partial charge is 0.268 e. The van der Waals surface area contributed by atoms with Gasteiger partial charge in [-0.1, -0.05) is 18.2 Å². The second-order valence-corrected chi connectivity index (χ2v) is 3.86. The van der Waals surface area contributed by atoms with Crippen molar-refractivity contribution in [2.45, 2.75) is 6.54 Å². The van der Waals surface area contributed by atoms with Gasteiger partial charge in [-0.2, -0.15) is 0 Å². The van der Waals surface area contributed by atoms with Gasteiger partial charge in [-0.25, -0.2) is 0 Å². The van der Waals surface area contributed by atoms with E-state index in [0.717, 1.165) is 5.56 Å². The van der Waals surface area contributed by atoms with Crippen LogP contribution in [0.5, 0.6) is 0 Å². The van der Waals surface area contributed by atoms with Gasteiger partial charge in [-0.3, -0.25) is 9.59 Å². The number of nitrogens with two attached hydrogens (primary N) is 1. The van der Waals surface area contributed by atoms with E-state index in [1.165, 1.54) is 12.1 Å². The van der Waals surface area contributed by atoms with Crippen molar-refractivity contribution in [3.05, 3.63) is 64.1 Å². The van der Waals surface area contributed by atoms with Crippen LogP contribution in [0.15, 0.2) is 47.3 Å². The normalized spacial score (nSPS) is 10.0. The van der Waals surface area contributed by atoms with Gasteiger partial charge in [0.2, 0.25) is 5.56 Å². The molecule has 2 aromatic rings. The van der Waals surface area contributed by atoms with E-state index in [0.29, 0.717) is 12.2 Å². The average molecular weight is 243 g/mol. The van der Waals surface area contributed by atoms with Crippen molar-refractivity contribution in [1.82, 2.24) is 10.3 Å². The lowest BCUT2D eigenvalue weighted by atomic mass is 10.2. The third-order valence-electron chi connectivity index (χ3n) is 2.42. The molecule has 0 spiro atoms. The first-order valence-corrected chi connectivity index (χ1v) is 5.47. The summed E-state index contributed by atoms with van der Waals surface area (Å²) in [6.07, 6.45) is 0. The molecule has 1 aromatic carbocycles. The monoisotopic (exact) mass is 243 g/mol. The molecular formula is C13H13N3O2. The first-order valence-electron chi connectivity index (χ1n) is 5.47. The summed E-state index contributed by atoms with van der Waals surface area (Å²) in [6.45, 7) is 0.362. The lowest BCUT2D eigenvalue weighted by Gasteiger charge is -2.05. The van der Waals surface area contributed by atoms with Gasteiger partial charge in [0, 0.05) is 18.3 Å². The number of aromatic amines is 1. The van der Waals surface area contributed by atoms with Gasteiger partial charge in [0.15, 0.2) is 0 Å². The van der Waals surface area contributed by atoms with Gasteiger partial charge in [0.25, 0.3) is 5.91 Å². The van der Waals surface area contributed by atoms with Crippen LogP contribution < -0.4 is 16.6 Å². The fourth-order valence-corrected chi connectivity index (χ4v) is 1.56. The van der Waals surface area contributed by atoms with Crippen molar-refractivity contribution < 1.29 is 4.79 Å². The van der Waals surface area contributed by atoms with Crippen molar-refractivity contribution in [2.24, 2.45) is 0 Å². The zero-order valence-corrected chi connectivity index (χ0v) is 9.64. The number of aromatic nitrogens is 1. The van der Waals surface area contributed by atoms with Gasteiger partial charge in [0.05, 0.1) is 0 Å². The number of amides is 1. The highest BCUT2D eigenvalue weighted by Crippen LogP contribution is 2.06. The van der Waals surface area contributed by atoms with Crippen LogP contribution in [0.3, 0.4) is 0 Å². The Labute approximate surface area is 104 Å². The molecule has 0 atom stereocenters. The van der Waals surface area contributed by atoms with Crippen molar-refractivity contribution in [2.75, 3.05) is 5.73 Å². The summed E-state index contributed by atoms with van der Waals surface area (Å²) in [5.41, 5.74) is 7.13. The maximum absolute atomic E-state index is 11.7. The molecule has 0 aliphatic heterocycles. The fraction of sp³-hybridized carbons (Fsp3) is 0.0769. The van der Waals surface area contributed by atoms with Crippen LogP contribution in [-0.4, -0.2) is 10.9 Å². The maximum atomic E-state index is 11.7. The Morgan fingerprint density at radius 1 is 1.22 bits per heavy atom. The lowest BCUT2D eigenvalue weighted by molar-refractivity contribution is 0.0945. The fourth-order valence-electron chi connectivity index (χ4n) is 1.56. The minimum absolute atomic E-state index is 0.242. The number of nitrogen functional groups attached to an aromatic ring is 1. The molecule has 2 rings (SSSR count). The van der Waals surface area contributed by atoms with Crippen LogP contribution in [-0.2, 0) is 6.54 Å². The highest BCUT2D eigenvalue weighted by molar-refractivity contribution is 5.92. The van der Waals surface area contributed by atoms with Gasteiger partial charge < -0.3 is 16.0 Å². The minimum atomic E-state index is -0.324. The molecule has 0 fully saturated rings. The molecule has 1 heterocycles. The summed E-state index contributed by atoms with van der Waals surface area (Å²) < 4.78 is 0. The molecule has 5 heteroatoms. The Morgan fingerprint density at radius 2 is 2.00 bits per heavy atom. The molecule has 0 aliphatic carbocycles. The largest absolute Gasteiger partial charge is 0.399 e. The van der Waals surface area contributed by atoms with E-state index in [2.05, 4.69) is 10.3 Å². The van der Waals surface area contributed by atoms with Crippen molar-refractivity contribution in [1.29, 1.82) is 0 Å². The van der Waals surface area contributed by atoms with Gasteiger partial charge >= 0.3 is 0 Å². The van der Waals surface area contributed by atoms with E-state index >= 15 is 0 Å². The standard InChI is InChI=1S/C13H13N3O2/c14-10-4-1-3-9(7-10)8-15-13(18)11-5-2-6-12(17)16-11/h1-7H,8,14H2,(H,15,18)(H,16,17). The van der Waals surface area contributed by atoms with Gasteiger partial charge in [0.1, 0.15) is 5.69 Å². The van der Waals surface area contributed by atoms with E-state index in [9.17, 15) is 9.59 Å². The van der Waals surface area contributed by atoms with Crippen LogP contribution in [0, 0.1) is 0 Å². The number of carbonyl (C=O) groups is 1. The summed E-state index contributed by atoms with van der Waals surface area (Å²) in [4.78, 5) is 25.3. The van der Waals surface area contributed by atoms with Crippen molar-refractivity contribution in [3.63, 3.8) is 0 Å². The van der Waals surface area contributed by atoms with Crippen molar-refractivity contribution >= 4 is 11.6 Å². The van der Waals surface area contributed by atoms with E-state index < -0.39 is 0 Å². The number of anilines is 1. The van der Waals surface area contributed by atoms with Gasteiger partial charge in [-0.15, -0.1) is 0 Å². The molecule has 18 heavy (non-hydrogen) atoms. The number of nitrogens with one attached hydrogen (secondary N) is 2. The Kier molecular flexibility index (Phi) is 3.43. The van der Waals surface area contributed by atoms with Crippen LogP contribution in [0.1, 0.15) is 16.1 Å². The van der Waals surface area contributed by atoms with Crippen LogP contribution >= 0.6 is 0 Å². The summed E-state index contributed by atoms with van der Waals surface area (Å²) in [5.74, 6) is -0.324. The van der Waals surface area contributed by atoms with E-state index in [-0.39, 0.29) is 17.2 Å². The molecule has 0 saturated carbocycles. The van der Waals surface area contributed by atoms with E-state index in [1.807, 2.05) is 12.1 Å². The lowest BCUT2D eigenvalue weighted by Crippen LogP contribution is -2.25. The second-order valence-electron chi connectivity index (χ2n) is 3.86. The molecule has 0 saturated heterocycles. The van der Waals surface area contributed by atoms with Crippen molar-refractivity contribution in [3.8, 4) is 0 Å². The topological polar surface area (TPSA) is 88.0 Å². The predicted octanol–water partition coefficient (Wildman–Crippen LogP) is 0.887. The SMILES string of the molecule is Nc1cccc(CNC(=O)c2cccc(=O)[nH]2)c1. The number of H-pyrrole nitrogens is 1. The van der Waals surface area contributed by atoms with E-state index in [4.69, 9.17) is 5.73 Å². The number of rotatable bonds is 3. The summed E-state index contributed by atoms with van der Waals surface area (Å²) in [6, 6.07) is 11.7. The average Bonchev–Trinajstić information content (AvgIpc) is 2.36. The highest BCUT2D eigenvalue weighted by Gasteiger charge is 2.05. The quantitative estimate of drug-likeness (QED) is 0.699. The molecule has 0 radical (unpaired) electrons. The molecule has 1 aromatic heterocycles. The van der Waals surface area contributed by atoms with Crippen LogP contribution in [0.25, 0.3) is 0 Å². The minimum Gasteiger partial charge on any atom is -0.399 e. The van der Waals surface area contributed by atoms with Crippen LogP contribution in [0.4, 0.5) is 5.69 Å². The first-order chi connectivity index (χ1) is 8.65. The highest BCUT2D eigenvalue weighted by atomic mass is 16.2. The molecule has 5 nitrogen and oxygen atoms in total. The molecule has 0 bridgehead atoms. The Morgan fingerprint density at radius 3 is 2.72 bits per heavy atom. The Balaban J connectivity index is 2.03. The number of hydrogen-bond donors (Lipinski definition) is 3. The molecule has 0 unspecified atom stereocenters. The van der Waals surface area contributed by atoms with Gasteiger partial charge in [-0.05, 0) is 23.8 Å². The molecule has 1 amide bonds. The molecular weight excluding hydrogens is 230 g/mol. The van der Waals surface area contributed by atoms with Crippen LogP contribution in [0.2, 0.25) is 0 Å². The number of hydrogen-bond acceptors (Lipinski definition) is 3. The predicted molar refractivity (Wildman–Crippen MR) is 69.1 cm³/mol. The third-order valence-corrected chi connectivity index (χ3v) is 2.42. The second kappa shape index (κ2) is 5.18. The molecule has 92 valence electrons. The Bertz CT molecular complexity index is 619. The summed E-state index contributed by atoms with van der Waals surface area (Å²) in [7, 11) is 0. The molecule has 0 aliphatic rings.